The summed E-state index contributed by atoms with van der Waals surface area (Å²) in [4.78, 5) is 15.9. The predicted molar refractivity (Wildman–Crippen MR) is 109 cm³/mol. The van der Waals surface area contributed by atoms with Crippen LogP contribution >= 0.6 is 0 Å². The molecule has 1 unspecified atom stereocenters. The molecule has 1 aromatic carbocycles. The van der Waals surface area contributed by atoms with Gasteiger partial charge in [-0.2, -0.15) is 0 Å². The maximum Gasteiger partial charge on any atom is 0.135 e. The number of benzene rings is 1. The Bertz CT molecular complexity index is 918. The fourth-order valence-electron chi connectivity index (χ4n) is 3.45. The van der Waals surface area contributed by atoms with Crippen molar-refractivity contribution in [1.82, 2.24) is 15.0 Å². The van der Waals surface area contributed by atoms with Gasteiger partial charge in [-0.15, -0.1) is 0 Å². The van der Waals surface area contributed by atoms with Crippen molar-refractivity contribution in [2.45, 2.75) is 39.8 Å². The van der Waals surface area contributed by atoms with Crippen LogP contribution in [0.25, 0.3) is 0 Å². The lowest BCUT2D eigenvalue weighted by Gasteiger charge is -2.30. The molecular weight excluding hydrogens is 334 g/mol. The van der Waals surface area contributed by atoms with Gasteiger partial charge < -0.3 is 10.2 Å². The summed E-state index contributed by atoms with van der Waals surface area (Å²) >= 11 is 0. The van der Waals surface area contributed by atoms with Crippen molar-refractivity contribution in [2.24, 2.45) is 0 Å². The van der Waals surface area contributed by atoms with Crippen molar-refractivity contribution in [1.29, 1.82) is 0 Å². The molecule has 2 aromatic heterocycles. The van der Waals surface area contributed by atoms with Crippen LogP contribution in [0.15, 0.2) is 48.9 Å². The summed E-state index contributed by atoms with van der Waals surface area (Å²) in [6.07, 6.45) is 4.49. The zero-order chi connectivity index (χ0) is 18.8. The summed E-state index contributed by atoms with van der Waals surface area (Å²) in [6, 6.07) is 13.0. The highest BCUT2D eigenvalue weighted by molar-refractivity contribution is 5.53. The van der Waals surface area contributed by atoms with Crippen molar-refractivity contribution in [3.63, 3.8) is 0 Å². The summed E-state index contributed by atoms with van der Waals surface area (Å²) < 4.78 is 0. The van der Waals surface area contributed by atoms with Crippen LogP contribution < -0.4 is 10.2 Å². The number of nitrogens with zero attached hydrogens (tertiary/aromatic N) is 4. The lowest BCUT2D eigenvalue weighted by molar-refractivity contribution is 0.694. The van der Waals surface area contributed by atoms with Gasteiger partial charge in [-0.3, -0.25) is 0 Å². The smallest absolute Gasteiger partial charge is 0.135 e. The van der Waals surface area contributed by atoms with E-state index in [9.17, 15) is 0 Å². The number of hydrogen-bond donors (Lipinski definition) is 1. The first-order chi connectivity index (χ1) is 13.1. The predicted octanol–water partition coefficient (Wildman–Crippen LogP) is 4.22. The summed E-state index contributed by atoms with van der Waals surface area (Å²) in [6.45, 7) is 8.03. The van der Waals surface area contributed by atoms with Crippen LogP contribution in [0.4, 0.5) is 11.6 Å². The summed E-state index contributed by atoms with van der Waals surface area (Å²) in [5.74, 6) is 1.93. The van der Waals surface area contributed by atoms with Crippen LogP contribution in [0.2, 0.25) is 0 Å². The molecule has 1 N–H and O–H groups in total. The zero-order valence-electron chi connectivity index (χ0n) is 16.1. The van der Waals surface area contributed by atoms with Crippen molar-refractivity contribution >= 4 is 11.6 Å². The van der Waals surface area contributed by atoms with E-state index in [2.05, 4.69) is 82.3 Å². The third-order valence-electron chi connectivity index (χ3n) is 5.15. The van der Waals surface area contributed by atoms with E-state index in [-0.39, 0.29) is 6.04 Å². The highest BCUT2D eigenvalue weighted by Crippen LogP contribution is 2.28. The quantitative estimate of drug-likeness (QED) is 0.756. The Morgan fingerprint density at radius 1 is 0.963 bits per heavy atom. The normalized spacial score (nSPS) is 14.6. The fraction of sp³-hybridized carbons (Fsp3) is 0.318. The standard InChI is InChI=1S/C22H25N5/c1-15-4-7-18(8-5-15)17(3)26-22-19-13-27(11-10-20(19)24-14-25-22)21-9-6-16(2)12-23-21/h4-9,12,14,17H,10-11,13H2,1-3H3,(H,24,25,26). The van der Waals surface area contributed by atoms with Gasteiger partial charge in [-0.1, -0.05) is 35.9 Å². The van der Waals surface area contributed by atoms with E-state index >= 15 is 0 Å². The van der Waals surface area contributed by atoms with Crippen molar-refractivity contribution < 1.29 is 0 Å². The second kappa shape index (κ2) is 7.35. The molecule has 0 spiro atoms. The average molecular weight is 359 g/mol. The Morgan fingerprint density at radius 2 is 1.74 bits per heavy atom. The van der Waals surface area contributed by atoms with E-state index in [4.69, 9.17) is 0 Å². The molecule has 5 nitrogen and oxygen atoms in total. The Balaban J connectivity index is 1.57. The molecule has 0 saturated heterocycles. The third-order valence-corrected chi connectivity index (χ3v) is 5.15. The minimum atomic E-state index is 0.178. The number of aromatic nitrogens is 3. The van der Waals surface area contributed by atoms with Crippen molar-refractivity contribution in [3.8, 4) is 0 Å². The van der Waals surface area contributed by atoms with Crippen LogP contribution in [0, 0.1) is 13.8 Å². The van der Waals surface area contributed by atoms with E-state index in [0.717, 1.165) is 36.8 Å². The molecule has 1 atom stereocenters. The molecule has 1 aliphatic heterocycles. The second-order valence-corrected chi connectivity index (χ2v) is 7.29. The van der Waals surface area contributed by atoms with E-state index in [0.29, 0.717) is 0 Å². The first-order valence-corrected chi connectivity index (χ1v) is 9.43. The lowest BCUT2D eigenvalue weighted by atomic mass is 10.0. The highest BCUT2D eigenvalue weighted by atomic mass is 15.2. The maximum absolute atomic E-state index is 4.59. The average Bonchev–Trinajstić information content (AvgIpc) is 2.69. The number of hydrogen-bond acceptors (Lipinski definition) is 5. The van der Waals surface area contributed by atoms with E-state index in [1.807, 2.05) is 6.20 Å². The number of aryl methyl sites for hydroxylation is 2. The fourth-order valence-corrected chi connectivity index (χ4v) is 3.45. The summed E-state index contributed by atoms with van der Waals surface area (Å²) in [5.41, 5.74) is 6.00. The minimum Gasteiger partial charge on any atom is -0.363 e. The van der Waals surface area contributed by atoms with Crippen LogP contribution in [0.3, 0.4) is 0 Å². The Kier molecular flexibility index (Phi) is 4.75. The molecule has 3 heterocycles. The molecule has 5 heteroatoms. The molecule has 0 bridgehead atoms. The second-order valence-electron chi connectivity index (χ2n) is 7.29. The van der Waals surface area contributed by atoms with Gasteiger partial charge in [0.05, 0.1) is 5.69 Å². The van der Waals surface area contributed by atoms with Gasteiger partial charge >= 0.3 is 0 Å². The van der Waals surface area contributed by atoms with E-state index < -0.39 is 0 Å². The lowest BCUT2D eigenvalue weighted by Crippen LogP contribution is -2.32. The van der Waals surface area contributed by atoms with Gasteiger partial charge in [0.15, 0.2) is 0 Å². The van der Waals surface area contributed by atoms with Gasteiger partial charge in [0, 0.05) is 37.3 Å². The third kappa shape index (κ3) is 3.77. The number of pyridine rings is 1. The van der Waals surface area contributed by atoms with Gasteiger partial charge in [0.25, 0.3) is 0 Å². The Morgan fingerprint density at radius 3 is 2.48 bits per heavy atom. The number of fused-ring (bicyclic) bond motifs is 1. The molecule has 0 aliphatic carbocycles. The largest absolute Gasteiger partial charge is 0.363 e. The molecule has 27 heavy (non-hydrogen) atoms. The monoisotopic (exact) mass is 359 g/mol. The number of rotatable bonds is 4. The van der Waals surface area contributed by atoms with Crippen molar-refractivity contribution in [3.05, 3.63) is 76.9 Å². The SMILES string of the molecule is Cc1ccc(C(C)Nc2ncnc3c2CN(c2ccc(C)cn2)CC3)cc1. The van der Waals surface area contributed by atoms with Crippen LogP contribution in [0.5, 0.6) is 0 Å². The van der Waals surface area contributed by atoms with Crippen molar-refractivity contribution in [2.75, 3.05) is 16.8 Å². The summed E-state index contributed by atoms with van der Waals surface area (Å²) in [7, 11) is 0. The molecule has 0 amide bonds. The molecule has 138 valence electrons. The first-order valence-electron chi connectivity index (χ1n) is 9.43. The molecule has 0 saturated carbocycles. The van der Waals surface area contributed by atoms with Gasteiger partial charge in [-0.05, 0) is 38.0 Å². The molecule has 0 radical (unpaired) electrons. The molecule has 0 fully saturated rings. The Labute approximate surface area is 160 Å². The van der Waals surface area contributed by atoms with E-state index in [1.54, 1.807) is 6.33 Å². The van der Waals surface area contributed by atoms with Gasteiger partial charge in [-0.25, -0.2) is 15.0 Å². The summed E-state index contributed by atoms with van der Waals surface area (Å²) in [5, 5.41) is 3.59. The zero-order valence-corrected chi connectivity index (χ0v) is 16.1. The highest BCUT2D eigenvalue weighted by Gasteiger charge is 2.22. The molecule has 3 aromatic rings. The van der Waals surface area contributed by atoms with Crippen LogP contribution in [-0.4, -0.2) is 21.5 Å². The topological polar surface area (TPSA) is 53.9 Å². The van der Waals surface area contributed by atoms with Gasteiger partial charge in [0.2, 0.25) is 0 Å². The number of anilines is 2. The van der Waals surface area contributed by atoms with Crippen LogP contribution in [0.1, 0.15) is 40.9 Å². The maximum atomic E-state index is 4.59. The minimum absolute atomic E-state index is 0.178. The molecule has 1 aliphatic rings. The Hall–Kier alpha value is -2.95. The van der Waals surface area contributed by atoms with Crippen LogP contribution in [-0.2, 0) is 13.0 Å². The molecule has 4 rings (SSSR count). The van der Waals surface area contributed by atoms with E-state index in [1.165, 1.54) is 22.3 Å². The van der Waals surface area contributed by atoms with Gasteiger partial charge in [0.1, 0.15) is 18.0 Å². The molecular formula is C22H25N5. The number of nitrogens with one attached hydrogen (secondary N) is 1. The first kappa shape index (κ1) is 17.5.